The molecule has 2 aromatic rings. The van der Waals surface area contributed by atoms with Crippen molar-refractivity contribution in [3.63, 3.8) is 0 Å². The molecule has 3 rings (SSSR count). The third kappa shape index (κ3) is 4.92. The molecular weight excluding hydrogens is 404 g/mol. The fourth-order valence-corrected chi connectivity index (χ4v) is 6.91. The van der Waals surface area contributed by atoms with Crippen molar-refractivity contribution in [1.82, 2.24) is 14.5 Å². The van der Waals surface area contributed by atoms with Crippen LogP contribution in [0.4, 0.5) is 5.13 Å². The molecule has 1 saturated heterocycles. The Morgan fingerprint density at radius 1 is 1.33 bits per heavy atom. The van der Waals surface area contributed by atoms with Gasteiger partial charge in [0.05, 0.1) is 5.92 Å². The summed E-state index contributed by atoms with van der Waals surface area (Å²) in [4.78, 5) is 13.6. The molecule has 2 aromatic heterocycles. The first kappa shape index (κ1) is 20.4. The van der Waals surface area contributed by atoms with E-state index in [9.17, 15) is 13.2 Å². The highest BCUT2D eigenvalue weighted by Gasteiger charge is 2.34. The number of carbonyl (C=O) groups is 1. The van der Waals surface area contributed by atoms with Gasteiger partial charge in [-0.05, 0) is 37.8 Å². The molecule has 1 unspecified atom stereocenters. The lowest BCUT2D eigenvalue weighted by Gasteiger charge is -2.30. The van der Waals surface area contributed by atoms with E-state index in [0.29, 0.717) is 34.6 Å². The number of nitrogens with zero attached hydrogens (tertiary/aromatic N) is 3. The van der Waals surface area contributed by atoms with Crippen molar-refractivity contribution in [2.45, 2.75) is 44.2 Å². The Balaban J connectivity index is 1.65. The summed E-state index contributed by atoms with van der Waals surface area (Å²) in [5.41, 5.74) is 0. The first-order valence-electron chi connectivity index (χ1n) is 8.95. The number of nitrogens with one attached hydrogen (secondary N) is 1. The SMILES string of the molecule is Cc1ccc(S(=O)(=O)N2CCCC(C(=O)Nc3nnc(CC(C)C)s3)C2)s1. The van der Waals surface area contributed by atoms with Crippen LogP contribution in [0.3, 0.4) is 0 Å². The normalized spacial score (nSPS) is 18.7. The molecule has 7 nitrogen and oxygen atoms in total. The average Bonchev–Trinajstić information content (AvgIpc) is 3.24. The van der Waals surface area contributed by atoms with Gasteiger partial charge < -0.3 is 5.32 Å². The second-order valence-electron chi connectivity index (χ2n) is 7.16. The quantitative estimate of drug-likeness (QED) is 0.763. The Morgan fingerprint density at radius 2 is 2.11 bits per heavy atom. The van der Waals surface area contributed by atoms with E-state index in [2.05, 4.69) is 29.4 Å². The molecule has 1 aliphatic heterocycles. The van der Waals surface area contributed by atoms with Crippen molar-refractivity contribution >= 4 is 43.7 Å². The Bertz CT molecular complexity index is 904. The first-order valence-corrected chi connectivity index (χ1v) is 12.0. The smallest absolute Gasteiger partial charge is 0.252 e. The van der Waals surface area contributed by atoms with Gasteiger partial charge in [-0.15, -0.1) is 21.5 Å². The zero-order chi connectivity index (χ0) is 19.6. The molecule has 10 heteroatoms. The van der Waals surface area contributed by atoms with E-state index in [4.69, 9.17) is 0 Å². The minimum atomic E-state index is -3.54. The summed E-state index contributed by atoms with van der Waals surface area (Å²) in [6, 6.07) is 3.44. The van der Waals surface area contributed by atoms with E-state index in [1.807, 2.05) is 6.92 Å². The van der Waals surface area contributed by atoms with Crippen LogP contribution in [-0.2, 0) is 21.2 Å². The molecule has 0 bridgehead atoms. The summed E-state index contributed by atoms with van der Waals surface area (Å²) >= 11 is 2.64. The summed E-state index contributed by atoms with van der Waals surface area (Å²) in [7, 11) is -3.54. The topological polar surface area (TPSA) is 92.3 Å². The number of rotatable bonds is 6. The lowest BCUT2D eigenvalue weighted by atomic mass is 9.99. The molecule has 0 saturated carbocycles. The average molecular weight is 429 g/mol. The van der Waals surface area contributed by atoms with Gasteiger partial charge in [0, 0.05) is 24.4 Å². The zero-order valence-corrected chi connectivity index (χ0v) is 18.1. The number of sulfonamides is 1. The molecule has 1 fully saturated rings. The Kier molecular flexibility index (Phi) is 6.29. The predicted octanol–water partition coefficient (Wildman–Crippen LogP) is 3.15. The van der Waals surface area contributed by atoms with Gasteiger partial charge in [-0.1, -0.05) is 25.2 Å². The van der Waals surface area contributed by atoms with E-state index in [1.54, 1.807) is 12.1 Å². The van der Waals surface area contributed by atoms with Crippen molar-refractivity contribution in [3.8, 4) is 0 Å². The van der Waals surface area contributed by atoms with Crippen LogP contribution in [0.1, 0.15) is 36.6 Å². The largest absolute Gasteiger partial charge is 0.300 e. The molecule has 0 aliphatic carbocycles. The third-order valence-electron chi connectivity index (χ3n) is 4.34. The molecule has 1 N–H and O–H groups in total. The van der Waals surface area contributed by atoms with E-state index >= 15 is 0 Å². The second-order valence-corrected chi connectivity index (χ2v) is 11.7. The van der Waals surface area contributed by atoms with Crippen LogP contribution in [0.25, 0.3) is 0 Å². The summed E-state index contributed by atoms with van der Waals surface area (Å²) in [5, 5.41) is 12.3. The van der Waals surface area contributed by atoms with E-state index in [-0.39, 0.29) is 18.4 Å². The Labute approximate surface area is 167 Å². The lowest BCUT2D eigenvalue weighted by molar-refractivity contribution is -0.120. The van der Waals surface area contributed by atoms with Crippen LogP contribution in [0.5, 0.6) is 0 Å². The van der Waals surface area contributed by atoms with Crippen LogP contribution in [0.15, 0.2) is 16.3 Å². The number of hydrogen-bond acceptors (Lipinski definition) is 7. The monoisotopic (exact) mass is 428 g/mol. The molecule has 1 atom stereocenters. The molecule has 1 amide bonds. The maximum absolute atomic E-state index is 12.8. The Hall–Kier alpha value is -1.36. The molecule has 3 heterocycles. The highest BCUT2D eigenvalue weighted by molar-refractivity contribution is 7.91. The molecule has 1 aliphatic rings. The van der Waals surface area contributed by atoms with Gasteiger partial charge in [0.2, 0.25) is 11.0 Å². The fourth-order valence-electron chi connectivity index (χ4n) is 3.00. The number of anilines is 1. The first-order chi connectivity index (χ1) is 12.8. The summed E-state index contributed by atoms with van der Waals surface area (Å²) < 4.78 is 27.4. The number of aryl methyl sites for hydroxylation is 1. The molecule has 0 spiro atoms. The molecule has 27 heavy (non-hydrogen) atoms. The summed E-state index contributed by atoms with van der Waals surface area (Å²) in [5.74, 6) is -0.101. The molecule has 0 radical (unpaired) electrons. The molecular formula is C17H24N4O3S3. The number of thiophene rings is 1. The van der Waals surface area contributed by atoms with Gasteiger partial charge in [0.15, 0.2) is 0 Å². The van der Waals surface area contributed by atoms with E-state index in [0.717, 1.165) is 16.3 Å². The zero-order valence-electron chi connectivity index (χ0n) is 15.6. The van der Waals surface area contributed by atoms with Crippen molar-refractivity contribution in [2.24, 2.45) is 11.8 Å². The second kappa shape index (κ2) is 8.34. The van der Waals surface area contributed by atoms with E-state index in [1.165, 1.54) is 27.0 Å². The highest BCUT2D eigenvalue weighted by Crippen LogP contribution is 2.29. The van der Waals surface area contributed by atoms with Crippen LogP contribution in [0.2, 0.25) is 0 Å². The maximum atomic E-state index is 12.8. The Morgan fingerprint density at radius 3 is 2.78 bits per heavy atom. The van der Waals surface area contributed by atoms with Crippen molar-refractivity contribution in [2.75, 3.05) is 18.4 Å². The summed E-state index contributed by atoms with van der Waals surface area (Å²) in [6.45, 7) is 6.73. The van der Waals surface area contributed by atoms with Gasteiger partial charge in [-0.2, -0.15) is 4.31 Å². The number of aromatic nitrogens is 2. The summed E-state index contributed by atoms with van der Waals surface area (Å²) in [6.07, 6.45) is 2.15. The number of amides is 1. The van der Waals surface area contributed by atoms with Gasteiger partial charge in [-0.25, -0.2) is 8.42 Å². The molecule has 0 aromatic carbocycles. The van der Waals surface area contributed by atoms with Gasteiger partial charge in [-0.3, -0.25) is 4.79 Å². The van der Waals surface area contributed by atoms with E-state index < -0.39 is 10.0 Å². The van der Waals surface area contributed by atoms with Crippen molar-refractivity contribution in [1.29, 1.82) is 0 Å². The third-order valence-corrected chi connectivity index (χ3v) is 8.54. The number of piperidine rings is 1. The van der Waals surface area contributed by atoms with Crippen LogP contribution < -0.4 is 5.32 Å². The number of carbonyl (C=O) groups excluding carboxylic acids is 1. The minimum Gasteiger partial charge on any atom is -0.300 e. The predicted molar refractivity (Wildman–Crippen MR) is 108 cm³/mol. The van der Waals surface area contributed by atoms with Gasteiger partial charge in [0.1, 0.15) is 9.22 Å². The standard InChI is InChI=1S/C17H24N4O3S3/c1-11(2)9-14-19-20-17(26-14)18-16(22)13-5-4-8-21(10-13)27(23,24)15-7-6-12(3)25-15/h6-7,11,13H,4-5,8-10H2,1-3H3,(H,18,20,22). The fraction of sp³-hybridized carbons (Fsp3) is 0.588. The van der Waals surface area contributed by atoms with Crippen molar-refractivity contribution in [3.05, 3.63) is 22.0 Å². The van der Waals surface area contributed by atoms with Crippen LogP contribution in [0, 0.1) is 18.8 Å². The van der Waals surface area contributed by atoms with Crippen molar-refractivity contribution < 1.29 is 13.2 Å². The highest BCUT2D eigenvalue weighted by atomic mass is 32.2. The lowest BCUT2D eigenvalue weighted by Crippen LogP contribution is -2.43. The maximum Gasteiger partial charge on any atom is 0.252 e. The van der Waals surface area contributed by atoms with Crippen LogP contribution in [-0.4, -0.2) is 41.9 Å². The minimum absolute atomic E-state index is 0.190. The van der Waals surface area contributed by atoms with Crippen LogP contribution >= 0.6 is 22.7 Å². The number of hydrogen-bond donors (Lipinski definition) is 1. The van der Waals surface area contributed by atoms with Gasteiger partial charge >= 0.3 is 0 Å². The molecule has 148 valence electrons. The van der Waals surface area contributed by atoms with Gasteiger partial charge in [0.25, 0.3) is 10.0 Å².